The van der Waals surface area contributed by atoms with Crippen molar-refractivity contribution in [1.29, 1.82) is 0 Å². The van der Waals surface area contributed by atoms with Crippen LogP contribution in [0.5, 0.6) is 0 Å². The molecule has 0 unspecified atom stereocenters. The Kier molecular flexibility index (Phi) is 7.98. The van der Waals surface area contributed by atoms with E-state index in [9.17, 15) is 4.79 Å². The molecule has 1 heterocycles. The normalized spacial score (nSPS) is 15.1. The molecule has 140 valence electrons. The maximum atomic E-state index is 11.9. The fourth-order valence-corrected chi connectivity index (χ4v) is 2.33. The summed E-state index contributed by atoms with van der Waals surface area (Å²) in [5.74, 6) is 0.740. The zero-order valence-corrected chi connectivity index (χ0v) is 18.0. The molecule has 1 aromatic carbocycles. The van der Waals surface area contributed by atoms with E-state index in [0.717, 1.165) is 5.96 Å². The van der Waals surface area contributed by atoms with Crippen LogP contribution in [0, 0.1) is 6.92 Å². The van der Waals surface area contributed by atoms with Crippen molar-refractivity contribution in [1.82, 2.24) is 15.5 Å². The summed E-state index contributed by atoms with van der Waals surface area (Å²) in [7, 11) is 1.74. The van der Waals surface area contributed by atoms with Gasteiger partial charge in [0.2, 0.25) is 0 Å². The number of ether oxygens (including phenoxy) is 1. The van der Waals surface area contributed by atoms with E-state index in [1.54, 1.807) is 11.9 Å². The number of nitrogens with zero attached hydrogens (tertiary/aromatic N) is 2. The van der Waals surface area contributed by atoms with Crippen molar-refractivity contribution in [3.8, 4) is 0 Å². The van der Waals surface area contributed by atoms with Gasteiger partial charge in [-0.3, -0.25) is 4.99 Å². The summed E-state index contributed by atoms with van der Waals surface area (Å²) in [6.45, 7) is 9.65. The number of likely N-dealkylation sites (tertiary alicyclic amines) is 1. The number of aryl methyl sites for hydroxylation is 1. The molecule has 1 amide bonds. The molecule has 1 aliphatic heterocycles. The van der Waals surface area contributed by atoms with E-state index >= 15 is 0 Å². The zero-order valence-electron chi connectivity index (χ0n) is 15.6. The second-order valence-electron chi connectivity index (χ2n) is 7.14. The van der Waals surface area contributed by atoms with E-state index in [4.69, 9.17) is 4.74 Å². The molecule has 6 nitrogen and oxygen atoms in total. The minimum Gasteiger partial charge on any atom is -0.444 e. The predicted molar refractivity (Wildman–Crippen MR) is 112 cm³/mol. The van der Waals surface area contributed by atoms with E-state index in [2.05, 4.69) is 46.8 Å². The number of guanidine groups is 1. The van der Waals surface area contributed by atoms with Crippen LogP contribution in [0.1, 0.15) is 31.9 Å². The molecule has 1 fully saturated rings. The lowest BCUT2D eigenvalue weighted by atomic mass is 10.1. The SMILES string of the molecule is CN=C(NCc1ccc(C)cc1)NC1CN(C(=O)OC(C)(C)C)C1.I. The topological polar surface area (TPSA) is 66.0 Å². The Bertz CT molecular complexity index is 590. The Labute approximate surface area is 167 Å². The number of hydrogen-bond donors (Lipinski definition) is 2. The molecule has 0 radical (unpaired) electrons. The van der Waals surface area contributed by atoms with Crippen molar-refractivity contribution in [3.05, 3.63) is 35.4 Å². The average Bonchev–Trinajstić information content (AvgIpc) is 2.45. The van der Waals surface area contributed by atoms with Gasteiger partial charge < -0.3 is 20.3 Å². The van der Waals surface area contributed by atoms with Gasteiger partial charge >= 0.3 is 6.09 Å². The van der Waals surface area contributed by atoms with Crippen molar-refractivity contribution in [2.24, 2.45) is 4.99 Å². The van der Waals surface area contributed by atoms with Crippen molar-refractivity contribution in [3.63, 3.8) is 0 Å². The highest BCUT2D eigenvalue weighted by Crippen LogP contribution is 2.15. The largest absolute Gasteiger partial charge is 0.444 e. The molecule has 1 aliphatic rings. The number of rotatable bonds is 3. The number of hydrogen-bond acceptors (Lipinski definition) is 3. The number of amides is 1. The molecular formula is C18H29IN4O2. The van der Waals surface area contributed by atoms with Crippen LogP contribution >= 0.6 is 24.0 Å². The van der Waals surface area contributed by atoms with Crippen LogP contribution < -0.4 is 10.6 Å². The average molecular weight is 460 g/mol. The van der Waals surface area contributed by atoms with Crippen LogP contribution in [0.3, 0.4) is 0 Å². The molecule has 0 atom stereocenters. The minimum atomic E-state index is -0.457. The van der Waals surface area contributed by atoms with E-state index in [1.807, 2.05) is 20.8 Å². The van der Waals surface area contributed by atoms with Gasteiger partial charge in [0.25, 0.3) is 0 Å². The lowest BCUT2D eigenvalue weighted by Gasteiger charge is -2.40. The number of carbonyl (C=O) groups is 1. The highest BCUT2D eigenvalue weighted by molar-refractivity contribution is 14.0. The minimum absolute atomic E-state index is 0. The molecule has 0 aromatic heterocycles. The molecule has 7 heteroatoms. The zero-order chi connectivity index (χ0) is 17.7. The number of carbonyl (C=O) groups excluding carboxylic acids is 1. The summed E-state index contributed by atoms with van der Waals surface area (Å²) < 4.78 is 5.35. The maximum absolute atomic E-state index is 11.9. The third-order valence-electron chi connectivity index (χ3n) is 3.68. The Hall–Kier alpha value is -1.51. The van der Waals surface area contributed by atoms with Crippen LogP contribution in [0.25, 0.3) is 0 Å². The summed E-state index contributed by atoms with van der Waals surface area (Å²) in [6.07, 6.45) is -0.261. The summed E-state index contributed by atoms with van der Waals surface area (Å²) in [4.78, 5) is 17.8. The van der Waals surface area contributed by atoms with Gasteiger partial charge in [0.05, 0.1) is 6.04 Å². The number of aliphatic imine (C=N–C) groups is 1. The van der Waals surface area contributed by atoms with Crippen LogP contribution in [-0.4, -0.2) is 48.7 Å². The van der Waals surface area contributed by atoms with E-state index in [1.165, 1.54) is 11.1 Å². The molecule has 2 N–H and O–H groups in total. The standard InChI is InChI=1S/C18H28N4O2.HI/c1-13-6-8-14(9-7-13)10-20-16(19-5)21-15-11-22(12-15)17(23)24-18(2,3)4;/h6-9,15H,10-12H2,1-5H3,(H2,19,20,21);1H. The lowest BCUT2D eigenvalue weighted by molar-refractivity contribution is 0.00701. The van der Waals surface area contributed by atoms with Gasteiger partial charge in [0, 0.05) is 26.7 Å². The van der Waals surface area contributed by atoms with E-state index in [0.29, 0.717) is 19.6 Å². The monoisotopic (exact) mass is 460 g/mol. The molecule has 2 rings (SSSR count). The van der Waals surface area contributed by atoms with Gasteiger partial charge in [-0.15, -0.1) is 24.0 Å². The molecular weight excluding hydrogens is 431 g/mol. The molecule has 0 spiro atoms. The van der Waals surface area contributed by atoms with Crippen LogP contribution in [0.15, 0.2) is 29.3 Å². The maximum Gasteiger partial charge on any atom is 0.410 e. The molecule has 1 aromatic rings. The van der Waals surface area contributed by atoms with Crippen molar-refractivity contribution >= 4 is 36.0 Å². The second kappa shape index (κ2) is 9.26. The Morgan fingerprint density at radius 3 is 2.40 bits per heavy atom. The Morgan fingerprint density at radius 2 is 1.88 bits per heavy atom. The predicted octanol–water partition coefficient (Wildman–Crippen LogP) is 2.90. The first-order valence-corrected chi connectivity index (χ1v) is 8.27. The van der Waals surface area contributed by atoms with Gasteiger partial charge in [-0.2, -0.15) is 0 Å². The first-order valence-electron chi connectivity index (χ1n) is 8.27. The summed E-state index contributed by atoms with van der Waals surface area (Å²) in [6, 6.07) is 8.59. The summed E-state index contributed by atoms with van der Waals surface area (Å²) in [5.41, 5.74) is 1.99. The van der Waals surface area contributed by atoms with Gasteiger partial charge in [0.15, 0.2) is 5.96 Å². The Balaban J connectivity index is 0.00000312. The number of halogens is 1. The highest BCUT2D eigenvalue weighted by Gasteiger charge is 2.34. The number of nitrogens with one attached hydrogen (secondary N) is 2. The third kappa shape index (κ3) is 7.09. The quantitative estimate of drug-likeness (QED) is 0.414. The Morgan fingerprint density at radius 1 is 1.28 bits per heavy atom. The van der Waals surface area contributed by atoms with E-state index in [-0.39, 0.29) is 36.1 Å². The fourth-order valence-electron chi connectivity index (χ4n) is 2.33. The smallest absolute Gasteiger partial charge is 0.410 e. The van der Waals surface area contributed by atoms with Crippen molar-refractivity contribution < 1.29 is 9.53 Å². The number of benzene rings is 1. The lowest BCUT2D eigenvalue weighted by Crippen LogP contribution is -2.63. The first-order chi connectivity index (χ1) is 11.3. The van der Waals surface area contributed by atoms with Gasteiger partial charge in [-0.05, 0) is 33.3 Å². The molecule has 0 bridgehead atoms. The molecule has 0 aliphatic carbocycles. The van der Waals surface area contributed by atoms with E-state index < -0.39 is 5.60 Å². The summed E-state index contributed by atoms with van der Waals surface area (Å²) in [5, 5.41) is 6.61. The van der Waals surface area contributed by atoms with Crippen LogP contribution in [0.2, 0.25) is 0 Å². The molecule has 25 heavy (non-hydrogen) atoms. The van der Waals surface area contributed by atoms with Crippen LogP contribution in [-0.2, 0) is 11.3 Å². The fraction of sp³-hybridized carbons (Fsp3) is 0.556. The van der Waals surface area contributed by atoms with Crippen molar-refractivity contribution in [2.45, 2.75) is 45.9 Å². The third-order valence-corrected chi connectivity index (χ3v) is 3.68. The highest BCUT2D eigenvalue weighted by atomic mass is 127. The van der Waals surface area contributed by atoms with Gasteiger partial charge in [0.1, 0.15) is 5.60 Å². The first kappa shape index (κ1) is 21.5. The summed E-state index contributed by atoms with van der Waals surface area (Å²) >= 11 is 0. The molecule has 0 saturated carbocycles. The second-order valence-corrected chi connectivity index (χ2v) is 7.14. The van der Waals surface area contributed by atoms with Gasteiger partial charge in [-0.1, -0.05) is 29.8 Å². The van der Waals surface area contributed by atoms with Crippen molar-refractivity contribution in [2.75, 3.05) is 20.1 Å². The van der Waals surface area contributed by atoms with Crippen LogP contribution in [0.4, 0.5) is 4.79 Å². The van der Waals surface area contributed by atoms with Gasteiger partial charge in [-0.25, -0.2) is 4.79 Å². The molecule has 1 saturated heterocycles.